The van der Waals surface area contributed by atoms with Crippen molar-refractivity contribution < 1.29 is 24.4 Å². The molecule has 2 heterocycles. The number of ether oxygens (including phenoxy) is 3. The lowest BCUT2D eigenvalue weighted by Gasteiger charge is -2.27. The molecule has 5 heteroatoms. The third kappa shape index (κ3) is 1.05. The molecule has 0 aromatic heterocycles. The third-order valence-corrected chi connectivity index (χ3v) is 1.95. The van der Waals surface area contributed by atoms with E-state index < -0.39 is 24.8 Å². The van der Waals surface area contributed by atoms with Crippen LogP contribution >= 0.6 is 0 Å². The standard InChI is InChI=1S/C6H10O5/c1-9-5-3(8)2(7)4-6(10-4)11-5/h2-8H,1H3. The highest BCUT2D eigenvalue weighted by Gasteiger charge is 2.56. The van der Waals surface area contributed by atoms with Crippen LogP contribution in [0.25, 0.3) is 0 Å². The lowest BCUT2D eigenvalue weighted by molar-refractivity contribution is -0.232. The average Bonchev–Trinajstić information content (AvgIpc) is 2.75. The zero-order chi connectivity index (χ0) is 8.01. The van der Waals surface area contributed by atoms with E-state index in [1.165, 1.54) is 7.11 Å². The van der Waals surface area contributed by atoms with Crippen molar-refractivity contribution in [3.05, 3.63) is 0 Å². The van der Waals surface area contributed by atoms with Crippen LogP contribution in [0, 0.1) is 0 Å². The monoisotopic (exact) mass is 162 g/mol. The van der Waals surface area contributed by atoms with E-state index >= 15 is 0 Å². The minimum atomic E-state index is -1.01. The zero-order valence-electron chi connectivity index (χ0n) is 6.01. The molecule has 2 rings (SSSR count). The van der Waals surface area contributed by atoms with Crippen LogP contribution in [0.1, 0.15) is 0 Å². The Bertz CT molecular complexity index is 161. The molecule has 11 heavy (non-hydrogen) atoms. The Balaban J connectivity index is 2.03. The molecule has 0 saturated carbocycles. The molecular weight excluding hydrogens is 152 g/mol. The number of epoxide rings is 1. The van der Waals surface area contributed by atoms with Crippen molar-refractivity contribution >= 4 is 0 Å². The predicted molar refractivity (Wildman–Crippen MR) is 32.6 cm³/mol. The molecule has 5 unspecified atom stereocenters. The molecule has 0 radical (unpaired) electrons. The Hall–Kier alpha value is -0.200. The summed E-state index contributed by atoms with van der Waals surface area (Å²) < 4.78 is 14.7. The van der Waals surface area contributed by atoms with Gasteiger partial charge in [0.1, 0.15) is 18.3 Å². The van der Waals surface area contributed by atoms with Gasteiger partial charge in [-0.05, 0) is 0 Å². The molecule has 5 nitrogen and oxygen atoms in total. The van der Waals surface area contributed by atoms with Crippen molar-refractivity contribution in [1.82, 2.24) is 0 Å². The van der Waals surface area contributed by atoms with Crippen molar-refractivity contribution in [1.29, 1.82) is 0 Å². The topological polar surface area (TPSA) is 71.5 Å². The van der Waals surface area contributed by atoms with Crippen molar-refractivity contribution in [2.75, 3.05) is 7.11 Å². The summed E-state index contributed by atoms with van der Waals surface area (Å²) in [7, 11) is 1.41. The van der Waals surface area contributed by atoms with Gasteiger partial charge in [-0.2, -0.15) is 0 Å². The number of rotatable bonds is 1. The molecule has 0 aliphatic carbocycles. The van der Waals surface area contributed by atoms with E-state index in [4.69, 9.17) is 14.2 Å². The fourth-order valence-corrected chi connectivity index (χ4v) is 1.22. The van der Waals surface area contributed by atoms with Gasteiger partial charge in [-0.1, -0.05) is 0 Å². The Morgan fingerprint density at radius 2 is 1.91 bits per heavy atom. The van der Waals surface area contributed by atoms with Gasteiger partial charge in [-0.3, -0.25) is 0 Å². The van der Waals surface area contributed by atoms with Gasteiger partial charge in [0.15, 0.2) is 12.6 Å². The summed E-state index contributed by atoms with van der Waals surface area (Å²) in [5.41, 5.74) is 0. The number of fused-ring (bicyclic) bond motifs is 1. The summed E-state index contributed by atoms with van der Waals surface area (Å²) in [5.74, 6) is 0. The minimum Gasteiger partial charge on any atom is -0.387 e. The van der Waals surface area contributed by atoms with Gasteiger partial charge in [0.05, 0.1) is 0 Å². The fraction of sp³-hybridized carbons (Fsp3) is 1.00. The molecular formula is C6H10O5. The Morgan fingerprint density at radius 3 is 2.55 bits per heavy atom. The van der Waals surface area contributed by atoms with Crippen LogP contribution in [0.15, 0.2) is 0 Å². The highest BCUT2D eigenvalue weighted by Crippen LogP contribution is 2.35. The zero-order valence-corrected chi connectivity index (χ0v) is 6.01. The van der Waals surface area contributed by atoms with Gasteiger partial charge in [0.25, 0.3) is 0 Å². The predicted octanol–water partition coefficient (Wildman–Crippen LogP) is -1.56. The van der Waals surface area contributed by atoms with E-state index in [1.807, 2.05) is 0 Å². The van der Waals surface area contributed by atoms with E-state index in [0.717, 1.165) is 0 Å². The Labute approximate surface area is 63.5 Å². The van der Waals surface area contributed by atoms with Gasteiger partial charge in [-0.25, -0.2) is 0 Å². The highest BCUT2D eigenvalue weighted by molar-refractivity contribution is 4.94. The maximum Gasteiger partial charge on any atom is 0.190 e. The number of hydrogen-bond donors (Lipinski definition) is 2. The van der Waals surface area contributed by atoms with Gasteiger partial charge in [0.2, 0.25) is 0 Å². The van der Waals surface area contributed by atoms with Crippen molar-refractivity contribution in [2.45, 2.75) is 30.9 Å². The highest BCUT2D eigenvalue weighted by atomic mass is 16.8. The van der Waals surface area contributed by atoms with Gasteiger partial charge in [-0.15, -0.1) is 0 Å². The molecule has 64 valence electrons. The normalized spacial score (nSPS) is 55.4. The number of aliphatic hydroxyl groups is 2. The van der Waals surface area contributed by atoms with Crippen LogP contribution in [0.4, 0.5) is 0 Å². The van der Waals surface area contributed by atoms with Gasteiger partial charge >= 0.3 is 0 Å². The quantitative estimate of drug-likeness (QED) is 0.456. The summed E-state index contributed by atoms with van der Waals surface area (Å²) in [6.07, 6.45) is -3.43. The fourth-order valence-electron chi connectivity index (χ4n) is 1.22. The van der Waals surface area contributed by atoms with E-state index in [-0.39, 0.29) is 6.10 Å². The first-order valence-corrected chi connectivity index (χ1v) is 3.44. The second kappa shape index (κ2) is 2.40. The molecule has 0 aromatic rings. The second-order valence-corrected chi connectivity index (χ2v) is 2.69. The molecule has 2 aliphatic heterocycles. The lowest BCUT2D eigenvalue weighted by atomic mass is 10.1. The Morgan fingerprint density at radius 1 is 1.18 bits per heavy atom. The average molecular weight is 162 g/mol. The van der Waals surface area contributed by atoms with Crippen molar-refractivity contribution in [3.8, 4) is 0 Å². The van der Waals surface area contributed by atoms with Crippen LogP contribution in [0.5, 0.6) is 0 Å². The number of aliphatic hydroxyl groups excluding tert-OH is 2. The van der Waals surface area contributed by atoms with E-state index in [0.29, 0.717) is 0 Å². The first kappa shape index (κ1) is 7.45. The van der Waals surface area contributed by atoms with Gasteiger partial charge < -0.3 is 24.4 Å². The van der Waals surface area contributed by atoms with Crippen molar-refractivity contribution in [3.63, 3.8) is 0 Å². The number of methoxy groups -OCH3 is 1. The van der Waals surface area contributed by atoms with Gasteiger partial charge in [0, 0.05) is 7.11 Å². The summed E-state index contributed by atoms with van der Waals surface area (Å²) in [6, 6.07) is 0. The smallest absolute Gasteiger partial charge is 0.190 e. The summed E-state index contributed by atoms with van der Waals surface area (Å²) in [6.45, 7) is 0. The van der Waals surface area contributed by atoms with E-state index in [1.54, 1.807) is 0 Å². The van der Waals surface area contributed by atoms with Crippen LogP contribution in [-0.2, 0) is 14.2 Å². The molecule has 0 aromatic carbocycles. The van der Waals surface area contributed by atoms with Crippen LogP contribution in [0.3, 0.4) is 0 Å². The SMILES string of the molecule is COC1OC2OC2C(O)C1O. The summed E-state index contributed by atoms with van der Waals surface area (Å²) in [4.78, 5) is 0. The molecule has 0 spiro atoms. The Kier molecular flexibility index (Phi) is 1.62. The maximum absolute atomic E-state index is 9.25. The van der Waals surface area contributed by atoms with E-state index in [9.17, 15) is 10.2 Å². The third-order valence-electron chi connectivity index (χ3n) is 1.95. The first-order valence-electron chi connectivity index (χ1n) is 3.44. The molecule has 2 aliphatic rings. The second-order valence-electron chi connectivity index (χ2n) is 2.69. The first-order chi connectivity index (χ1) is 5.24. The maximum atomic E-state index is 9.25. The summed E-state index contributed by atoms with van der Waals surface area (Å²) >= 11 is 0. The van der Waals surface area contributed by atoms with Crippen molar-refractivity contribution in [2.24, 2.45) is 0 Å². The molecule has 5 atom stereocenters. The van der Waals surface area contributed by atoms with Crippen LogP contribution in [0.2, 0.25) is 0 Å². The largest absolute Gasteiger partial charge is 0.387 e. The van der Waals surface area contributed by atoms with E-state index in [2.05, 4.69) is 0 Å². The molecule has 2 fully saturated rings. The molecule has 2 N–H and O–H groups in total. The van der Waals surface area contributed by atoms with Crippen LogP contribution in [-0.4, -0.2) is 48.2 Å². The molecule has 2 saturated heterocycles. The summed E-state index contributed by atoms with van der Waals surface area (Å²) in [5, 5.41) is 18.5. The number of hydrogen-bond acceptors (Lipinski definition) is 5. The molecule has 0 amide bonds. The minimum absolute atomic E-state index is 0.364. The van der Waals surface area contributed by atoms with Crippen LogP contribution < -0.4 is 0 Å². The molecule has 0 bridgehead atoms. The lowest BCUT2D eigenvalue weighted by Crippen LogP contribution is -2.48.